The van der Waals surface area contributed by atoms with Crippen LogP contribution in [0.15, 0.2) is 0 Å². The van der Waals surface area contributed by atoms with E-state index in [1.165, 1.54) is 12.8 Å². The number of unbranched alkanes of at least 4 members (excludes halogenated alkanes) is 1. The minimum atomic E-state index is -0.508. The maximum Gasteiger partial charge on any atom is 0.0815 e. The summed E-state index contributed by atoms with van der Waals surface area (Å²) in [5.41, 5.74) is -0.508. The fourth-order valence-corrected chi connectivity index (χ4v) is 1.55. The van der Waals surface area contributed by atoms with Crippen molar-refractivity contribution in [3.05, 3.63) is 0 Å². The Morgan fingerprint density at radius 1 is 1.38 bits per heavy atom. The van der Waals surface area contributed by atoms with Gasteiger partial charge in [0.2, 0.25) is 0 Å². The van der Waals surface area contributed by atoms with Gasteiger partial charge in [-0.15, -0.1) is 0 Å². The van der Waals surface area contributed by atoms with Crippen molar-refractivity contribution < 1.29 is 9.84 Å². The van der Waals surface area contributed by atoms with Crippen LogP contribution in [0.1, 0.15) is 32.6 Å². The third kappa shape index (κ3) is 4.07. The molecule has 0 amide bonds. The summed E-state index contributed by atoms with van der Waals surface area (Å²) in [4.78, 5) is 0. The van der Waals surface area contributed by atoms with Crippen LogP contribution in [0.5, 0.6) is 0 Å². The number of aliphatic hydroxyl groups is 1. The van der Waals surface area contributed by atoms with Crippen LogP contribution in [0.3, 0.4) is 0 Å². The topological polar surface area (TPSA) is 41.5 Å². The standard InChI is InChI=1S/C10H21NO2/c1-2-3-6-11-9-10(12)4-7-13-8-5-10/h11-12H,2-9H2,1H3. The highest BCUT2D eigenvalue weighted by atomic mass is 16.5. The highest BCUT2D eigenvalue weighted by Crippen LogP contribution is 2.18. The molecule has 2 N–H and O–H groups in total. The molecule has 0 bridgehead atoms. The molecule has 0 saturated carbocycles. The maximum absolute atomic E-state index is 10.0. The van der Waals surface area contributed by atoms with Crippen LogP contribution in [0.25, 0.3) is 0 Å². The molecule has 1 aliphatic rings. The van der Waals surface area contributed by atoms with E-state index < -0.39 is 5.60 Å². The third-order valence-electron chi connectivity index (χ3n) is 2.58. The Labute approximate surface area is 80.5 Å². The van der Waals surface area contributed by atoms with Gasteiger partial charge in [0.1, 0.15) is 0 Å². The minimum Gasteiger partial charge on any atom is -0.388 e. The molecule has 0 spiro atoms. The highest BCUT2D eigenvalue weighted by molar-refractivity contribution is 4.83. The summed E-state index contributed by atoms with van der Waals surface area (Å²) in [5, 5.41) is 13.3. The van der Waals surface area contributed by atoms with Crippen molar-refractivity contribution in [3.63, 3.8) is 0 Å². The van der Waals surface area contributed by atoms with E-state index in [1.54, 1.807) is 0 Å². The third-order valence-corrected chi connectivity index (χ3v) is 2.58. The van der Waals surface area contributed by atoms with E-state index in [9.17, 15) is 5.11 Å². The second-order valence-corrected chi connectivity index (χ2v) is 3.87. The average Bonchev–Trinajstić information content (AvgIpc) is 2.14. The maximum atomic E-state index is 10.0. The van der Waals surface area contributed by atoms with Gasteiger partial charge in [0, 0.05) is 32.6 Å². The first-order chi connectivity index (χ1) is 6.27. The number of rotatable bonds is 5. The molecular weight excluding hydrogens is 166 g/mol. The van der Waals surface area contributed by atoms with E-state index in [1.807, 2.05) is 0 Å². The van der Waals surface area contributed by atoms with Crippen LogP contribution in [-0.2, 0) is 4.74 Å². The second-order valence-electron chi connectivity index (χ2n) is 3.87. The zero-order chi connectivity index (χ0) is 9.57. The van der Waals surface area contributed by atoms with Gasteiger partial charge in [0.15, 0.2) is 0 Å². The van der Waals surface area contributed by atoms with Gasteiger partial charge in [0.05, 0.1) is 5.60 Å². The summed E-state index contributed by atoms with van der Waals surface area (Å²) < 4.78 is 5.20. The summed E-state index contributed by atoms with van der Waals surface area (Å²) in [6, 6.07) is 0. The van der Waals surface area contributed by atoms with Crippen LogP contribution in [0.4, 0.5) is 0 Å². The first-order valence-electron chi connectivity index (χ1n) is 5.28. The normalized spacial score (nSPS) is 21.7. The van der Waals surface area contributed by atoms with Crippen molar-refractivity contribution in [2.24, 2.45) is 0 Å². The predicted octanol–water partition coefficient (Wildman–Crippen LogP) is 0.918. The minimum absolute atomic E-state index is 0.508. The Kier molecular flexibility index (Phi) is 4.70. The van der Waals surface area contributed by atoms with Crippen molar-refractivity contribution in [1.29, 1.82) is 0 Å². The van der Waals surface area contributed by atoms with E-state index in [0.717, 1.165) is 25.9 Å². The van der Waals surface area contributed by atoms with Crippen LogP contribution in [-0.4, -0.2) is 37.0 Å². The van der Waals surface area contributed by atoms with Crippen LogP contribution < -0.4 is 5.32 Å². The summed E-state index contributed by atoms with van der Waals surface area (Å²) in [6.45, 7) is 5.30. The predicted molar refractivity (Wildman–Crippen MR) is 52.8 cm³/mol. The molecule has 1 fully saturated rings. The van der Waals surface area contributed by atoms with Gasteiger partial charge in [-0.1, -0.05) is 13.3 Å². The molecule has 0 aromatic carbocycles. The van der Waals surface area contributed by atoms with Crippen LogP contribution in [0.2, 0.25) is 0 Å². The molecule has 13 heavy (non-hydrogen) atoms. The Morgan fingerprint density at radius 3 is 2.69 bits per heavy atom. The lowest BCUT2D eigenvalue weighted by molar-refractivity contribution is -0.0614. The zero-order valence-corrected chi connectivity index (χ0v) is 8.51. The van der Waals surface area contributed by atoms with Gasteiger partial charge >= 0.3 is 0 Å². The molecule has 1 rings (SSSR count). The van der Waals surface area contributed by atoms with Gasteiger partial charge in [-0.25, -0.2) is 0 Å². The van der Waals surface area contributed by atoms with Crippen LogP contribution in [0, 0.1) is 0 Å². The van der Waals surface area contributed by atoms with E-state index >= 15 is 0 Å². The summed E-state index contributed by atoms with van der Waals surface area (Å²) >= 11 is 0. The Balaban J connectivity index is 2.10. The van der Waals surface area contributed by atoms with Crippen molar-refractivity contribution in [2.45, 2.75) is 38.2 Å². The lowest BCUT2D eigenvalue weighted by Crippen LogP contribution is -2.45. The zero-order valence-electron chi connectivity index (χ0n) is 8.51. The molecule has 0 aromatic heterocycles. The monoisotopic (exact) mass is 187 g/mol. The molecule has 1 aliphatic heterocycles. The first-order valence-corrected chi connectivity index (χ1v) is 5.28. The Morgan fingerprint density at radius 2 is 2.08 bits per heavy atom. The van der Waals surface area contributed by atoms with Gasteiger partial charge in [-0.05, 0) is 13.0 Å². The molecule has 3 heteroatoms. The van der Waals surface area contributed by atoms with Gasteiger partial charge in [-0.3, -0.25) is 0 Å². The second kappa shape index (κ2) is 5.58. The number of nitrogens with one attached hydrogen (secondary N) is 1. The van der Waals surface area contributed by atoms with Crippen molar-refractivity contribution in [1.82, 2.24) is 5.32 Å². The SMILES string of the molecule is CCCCNCC1(O)CCOCC1. The molecular formula is C10H21NO2. The number of hydrogen-bond acceptors (Lipinski definition) is 3. The molecule has 0 aliphatic carbocycles. The molecule has 0 radical (unpaired) electrons. The lowest BCUT2D eigenvalue weighted by Gasteiger charge is -2.32. The van der Waals surface area contributed by atoms with Crippen LogP contribution >= 0.6 is 0 Å². The molecule has 0 atom stereocenters. The Hall–Kier alpha value is -0.120. The lowest BCUT2D eigenvalue weighted by atomic mass is 9.94. The number of ether oxygens (including phenoxy) is 1. The molecule has 1 heterocycles. The van der Waals surface area contributed by atoms with Gasteiger partial charge < -0.3 is 15.2 Å². The van der Waals surface area contributed by atoms with Crippen molar-refractivity contribution in [2.75, 3.05) is 26.3 Å². The quantitative estimate of drug-likeness (QED) is 0.629. The van der Waals surface area contributed by atoms with Gasteiger partial charge in [-0.2, -0.15) is 0 Å². The fraction of sp³-hybridized carbons (Fsp3) is 1.00. The average molecular weight is 187 g/mol. The Bertz CT molecular complexity index is 133. The summed E-state index contributed by atoms with van der Waals surface area (Å²) in [7, 11) is 0. The molecule has 3 nitrogen and oxygen atoms in total. The van der Waals surface area contributed by atoms with E-state index in [2.05, 4.69) is 12.2 Å². The largest absolute Gasteiger partial charge is 0.388 e. The molecule has 1 saturated heterocycles. The summed E-state index contributed by atoms with van der Waals surface area (Å²) in [6.07, 6.45) is 3.93. The first kappa shape index (κ1) is 11.0. The molecule has 0 unspecified atom stereocenters. The van der Waals surface area contributed by atoms with Gasteiger partial charge in [0.25, 0.3) is 0 Å². The van der Waals surface area contributed by atoms with E-state index in [0.29, 0.717) is 13.2 Å². The van der Waals surface area contributed by atoms with E-state index in [4.69, 9.17) is 4.74 Å². The highest BCUT2D eigenvalue weighted by Gasteiger charge is 2.28. The fourth-order valence-electron chi connectivity index (χ4n) is 1.55. The number of hydrogen-bond donors (Lipinski definition) is 2. The van der Waals surface area contributed by atoms with Crippen molar-refractivity contribution in [3.8, 4) is 0 Å². The molecule has 78 valence electrons. The molecule has 0 aromatic rings. The van der Waals surface area contributed by atoms with E-state index in [-0.39, 0.29) is 0 Å². The summed E-state index contributed by atoms with van der Waals surface area (Å²) in [5.74, 6) is 0. The van der Waals surface area contributed by atoms with Crippen molar-refractivity contribution >= 4 is 0 Å². The smallest absolute Gasteiger partial charge is 0.0815 e.